The number of benzene rings is 1. The minimum atomic E-state index is -3.92. The van der Waals surface area contributed by atoms with E-state index in [4.69, 9.17) is 5.26 Å². The summed E-state index contributed by atoms with van der Waals surface area (Å²) in [6, 6.07) is 5.15. The maximum absolute atomic E-state index is 13.5. The standard InChI is InChI=1S/C13H15FN2O3S/c1-9-8-16(6-5-12(9)17)20(18,19)13-4-2-3-11(14)10(13)7-15/h2-4,9,12,17H,5-6,8H2,1H3. The molecule has 7 heteroatoms. The third-order valence-electron chi connectivity index (χ3n) is 3.53. The first-order valence-corrected chi connectivity index (χ1v) is 7.68. The number of halogens is 1. The van der Waals surface area contributed by atoms with Crippen LogP contribution in [0.5, 0.6) is 0 Å². The predicted octanol–water partition coefficient (Wildman–Crippen LogP) is 1.09. The average molecular weight is 298 g/mol. The van der Waals surface area contributed by atoms with E-state index in [1.807, 2.05) is 0 Å². The van der Waals surface area contributed by atoms with Crippen LogP contribution >= 0.6 is 0 Å². The molecule has 1 saturated heterocycles. The van der Waals surface area contributed by atoms with Crippen molar-refractivity contribution in [1.29, 1.82) is 5.26 Å². The van der Waals surface area contributed by atoms with E-state index < -0.39 is 27.5 Å². The summed E-state index contributed by atoms with van der Waals surface area (Å²) < 4.78 is 39.7. The minimum absolute atomic E-state index is 0.158. The molecule has 0 saturated carbocycles. The molecule has 20 heavy (non-hydrogen) atoms. The third kappa shape index (κ3) is 2.54. The van der Waals surface area contributed by atoms with Crippen LogP contribution in [0.15, 0.2) is 23.1 Å². The van der Waals surface area contributed by atoms with Gasteiger partial charge in [-0.15, -0.1) is 0 Å². The van der Waals surface area contributed by atoms with Gasteiger partial charge < -0.3 is 5.11 Å². The highest BCUT2D eigenvalue weighted by molar-refractivity contribution is 7.89. The molecule has 2 rings (SSSR count). The van der Waals surface area contributed by atoms with Gasteiger partial charge in [-0.25, -0.2) is 12.8 Å². The van der Waals surface area contributed by atoms with Gasteiger partial charge in [-0.1, -0.05) is 13.0 Å². The Kier molecular flexibility index (Phi) is 4.09. The molecule has 0 bridgehead atoms. The van der Waals surface area contributed by atoms with Crippen LogP contribution in [-0.4, -0.2) is 37.0 Å². The molecule has 0 aliphatic carbocycles. The molecule has 2 atom stereocenters. The highest BCUT2D eigenvalue weighted by Crippen LogP contribution is 2.26. The quantitative estimate of drug-likeness (QED) is 0.886. The van der Waals surface area contributed by atoms with E-state index in [-0.39, 0.29) is 23.9 Å². The van der Waals surface area contributed by atoms with E-state index in [1.54, 1.807) is 13.0 Å². The van der Waals surface area contributed by atoms with Crippen molar-refractivity contribution in [2.24, 2.45) is 5.92 Å². The number of aliphatic hydroxyl groups excluding tert-OH is 1. The highest BCUT2D eigenvalue weighted by atomic mass is 32.2. The van der Waals surface area contributed by atoms with Crippen LogP contribution in [0.25, 0.3) is 0 Å². The first kappa shape index (κ1) is 14.9. The third-order valence-corrected chi connectivity index (χ3v) is 5.44. The summed E-state index contributed by atoms with van der Waals surface area (Å²) in [5, 5.41) is 18.6. The second-order valence-corrected chi connectivity index (χ2v) is 6.83. The topological polar surface area (TPSA) is 81.4 Å². The molecule has 1 aliphatic heterocycles. The molecular formula is C13H15FN2O3S. The summed E-state index contributed by atoms with van der Waals surface area (Å²) in [7, 11) is -3.92. The molecule has 0 aromatic heterocycles. The van der Waals surface area contributed by atoms with Crippen LogP contribution < -0.4 is 0 Å². The van der Waals surface area contributed by atoms with Gasteiger partial charge >= 0.3 is 0 Å². The zero-order valence-electron chi connectivity index (χ0n) is 11.0. The molecule has 5 nitrogen and oxygen atoms in total. The molecule has 1 heterocycles. The summed E-state index contributed by atoms with van der Waals surface area (Å²) >= 11 is 0. The van der Waals surface area contributed by atoms with Crippen LogP contribution in [0, 0.1) is 23.1 Å². The summed E-state index contributed by atoms with van der Waals surface area (Å²) in [5.41, 5.74) is -0.466. The Labute approximate surface area is 117 Å². The summed E-state index contributed by atoms with van der Waals surface area (Å²) in [4.78, 5) is -0.316. The van der Waals surface area contributed by atoms with E-state index in [2.05, 4.69) is 0 Å². The Balaban J connectivity index is 2.42. The van der Waals surface area contributed by atoms with Crippen molar-refractivity contribution < 1.29 is 17.9 Å². The van der Waals surface area contributed by atoms with Gasteiger partial charge in [0.1, 0.15) is 22.3 Å². The Morgan fingerprint density at radius 1 is 1.50 bits per heavy atom. The number of nitrogens with zero attached hydrogens (tertiary/aromatic N) is 2. The van der Waals surface area contributed by atoms with Crippen molar-refractivity contribution >= 4 is 10.0 Å². The number of hydrogen-bond acceptors (Lipinski definition) is 4. The van der Waals surface area contributed by atoms with Gasteiger partial charge in [0.15, 0.2) is 0 Å². The first-order valence-electron chi connectivity index (χ1n) is 6.24. The highest BCUT2D eigenvalue weighted by Gasteiger charge is 2.34. The zero-order chi connectivity index (χ0) is 14.9. The van der Waals surface area contributed by atoms with Crippen molar-refractivity contribution in [3.05, 3.63) is 29.6 Å². The monoisotopic (exact) mass is 298 g/mol. The lowest BCUT2D eigenvalue weighted by atomic mass is 9.99. The summed E-state index contributed by atoms with van der Waals surface area (Å²) in [6.45, 7) is 2.07. The number of nitriles is 1. The fourth-order valence-corrected chi connectivity index (χ4v) is 3.99. The molecule has 1 N–H and O–H groups in total. The number of hydrogen-bond donors (Lipinski definition) is 1. The maximum Gasteiger partial charge on any atom is 0.244 e. The molecular weight excluding hydrogens is 283 g/mol. The smallest absolute Gasteiger partial charge is 0.244 e. The minimum Gasteiger partial charge on any atom is -0.393 e. The lowest BCUT2D eigenvalue weighted by Crippen LogP contribution is -2.45. The molecule has 0 radical (unpaired) electrons. The summed E-state index contributed by atoms with van der Waals surface area (Å²) in [6.07, 6.45) is -0.207. The normalized spacial score (nSPS) is 24.3. The van der Waals surface area contributed by atoms with Crippen LogP contribution in [0.4, 0.5) is 4.39 Å². The molecule has 1 fully saturated rings. The van der Waals surface area contributed by atoms with Gasteiger partial charge in [0, 0.05) is 13.1 Å². The molecule has 1 aromatic carbocycles. The predicted molar refractivity (Wildman–Crippen MR) is 69.7 cm³/mol. The lowest BCUT2D eigenvalue weighted by Gasteiger charge is -2.33. The van der Waals surface area contributed by atoms with Gasteiger partial charge in [0.25, 0.3) is 0 Å². The van der Waals surface area contributed by atoms with E-state index >= 15 is 0 Å². The Morgan fingerprint density at radius 2 is 2.20 bits per heavy atom. The van der Waals surface area contributed by atoms with Gasteiger partial charge in [-0.2, -0.15) is 9.57 Å². The summed E-state index contributed by atoms with van der Waals surface area (Å²) in [5.74, 6) is -1.05. The molecule has 1 aromatic rings. The maximum atomic E-state index is 13.5. The van der Waals surface area contributed by atoms with Gasteiger partial charge in [0.2, 0.25) is 10.0 Å². The number of rotatable bonds is 2. The van der Waals surface area contributed by atoms with E-state index in [9.17, 15) is 17.9 Å². The molecule has 108 valence electrons. The van der Waals surface area contributed by atoms with Crippen LogP contribution in [0.2, 0.25) is 0 Å². The van der Waals surface area contributed by atoms with E-state index in [0.717, 1.165) is 6.07 Å². The molecule has 0 spiro atoms. The zero-order valence-corrected chi connectivity index (χ0v) is 11.8. The Hall–Kier alpha value is -1.49. The lowest BCUT2D eigenvalue weighted by molar-refractivity contribution is 0.0628. The van der Waals surface area contributed by atoms with Crippen LogP contribution in [0.3, 0.4) is 0 Å². The number of aliphatic hydroxyl groups is 1. The average Bonchev–Trinajstić information content (AvgIpc) is 2.41. The fraction of sp³-hybridized carbons (Fsp3) is 0.462. The second-order valence-electron chi connectivity index (χ2n) is 4.92. The Morgan fingerprint density at radius 3 is 2.80 bits per heavy atom. The van der Waals surface area contributed by atoms with E-state index in [0.29, 0.717) is 6.42 Å². The molecule has 2 unspecified atom stereocenters. The second kappa shape index (κ2) is 5.48. The van der Waals surface area contributed by atoms with Crippen LogP contribution in [-0.2, 0) is 10.0 Å². The van der Waals surface area contributed by atoms with E-state index in [1.165, 1.54) is 16.4 Å². The van der Waals surface area contributed by atoms with Crippen molar-refractivity contribution in [2.45, 2.75) is 24.3 Å². The van der Waals surface area contributed by atoms with Crippen molar-refractivity contribution in [1.82, 2.24) is 4.31 Å². The molecule has 1 aliphatic rings. The van der Waals surface area contributed by atoms with Gasteiger partial charge in [0.05, 0.1) is 6.10 Å². The SMILES string of the molecule is CC1CN(S(=O)(=O)c2cccc(F)c2C#N)CCC1O. The van der Waals surface area contributed by atoms with Gasteiger partial charge in [-0.05, 0) is 24.5 Å². The first-order chi connectivity index (χ1) is 9.37. The van der Waals surface area contributed by atoms with Crippen molar-refractivity contribution in [3.8, 4) is 6.07 Å². The van der Waals surface area contributed by atoms with Crippen molar-refractivity contribution in [3.63, 3.8) is 0 Å². The molecule has 0 amide bonds. The Bertz CT molecular complexity index is 654. The van der Waals surface area contributed by atoms with Crippen LogP contribution in [0.1, 0.15) is 18.9 Å². The fourth-order valence-electron chi connectivity index (χ4n) is 2.28. The number of sulfonamides is 1. The number of piperidine rings is 1. The largest absolute Gasteiger partial charge is 0.393 e. The van der Waals surface area contributed by atoms with Gasteiger partial charge in [-0.3, -0.25) is 0 Å². The van der Waals surface area contributed by atoms with Crippen molar-refractivity contribution in [2.75, 3.05) is 13.1 Å².